The number of anilines is 1. The second-order valence-electron chi connectivity index (χ2n) is 7.72. The van der Waals surface area contributed by atoms with Crippen LogP contribution in [0.3, 0.4) is 0 Å². The van der Waals surface area contributed by atoms with Gasteiger partial charge in [-0.3, -0.25) is 14.6 Å². The molecule has 0 spiro atoms. The Morgan fingerprint density at radius 2 is 1.97 bits per heavy atom. The summed E-state index contributed by atoms with van der Waals surface area (Å²) in [7, 11) is 1.37. The third-order valence-electron chi connectivity index (χ3n) is 5.49. The van der Waals surface area contributed by atoms with Gasteiger partial charge in [0.25, 0.3) is 5.91 Å². The number of methoxy groups -OCH3 is 1. The largest absolute Gasteiger partial charge is 0.494 e. The van der Waals surface area contributed by atoms with Crippen molar-refractivity contribution < 1.29 is 23.5 Å². The Bertz CT molecular complexity index is 1140. The van der Waals surface area contributed by atoms with Crippen LogP contribution in [-0.4, -0.2) is 41.9 Å². The molecule has 2 amide bonds. The number of halogens is 1. The average molecular weight is 449 g/mol. The van der Waals surface area contributed by atoms with Gasteiger partial charge in [-0.25, -0.2) is 4.39 Å². The lowest BCUT2D eigenvalue weighted by atomic mass is 9.96. The van der Waals surface area contributed by atoms with Gasteiger partial charge < -0.3 is 19.7 Å². The summed E-state index contributed by atoms with van der Waals surface area (Å²) >= 11 is 0. The van der Waals surface area contributed by atoms with Crippen LogP contribution in [0.15, 0.2) is 67.0 Å². The minimum absolute atomic E-state index is 0.0783. The maximum atomic E-state index is 14.0. The molecule has 7 nitrogen and oxygen atoms in total. The van der Waals surface area contributed by atoms with Gasteiger partial charge in [-0.15, -0.1) is 0 Å². The molecule has 4 rings (SSSR count). The van der Waals surface area contributed by atoms with Crippen LogP contribution in [0.25, 0.3) is 0 Å². The number of ether oxygens (including phenoxy) is 2. The summed E-state index contributed by atoms with van der Waals surface area (Å²) in [5, 5.41) is 2.93. The number of nitrogens with zero attached hydrogens (tertiary/aromatic N) is 2. The lowest BCUT2D eigenvalue weighted by Crippen LogP contribution is -2.43. The van der Waals surface area contributed by atoms with Gasteiger partial charge in [-0.1, -0.05) is 12.1 Å². The molecule has 0 saturated carbocycles. The second kappa shape index (κ2) is 10.1. The van der Waals surface area contributed by atoms with Crippen LogP contribution >= 0.6 is 0 Å². The number of aromatic nitrogens is 1. The first-order chi connectivity index (χ1) is 16.0. The number of pyridine rings is 1. The number of hydrogen-bond donors (Lipinski definition) is 1. The predicted molar refractivity (Wildman–Crippen MR) is 121 cm³/mol. The molecule has 8 heteroatoms. The van der Waals surface area contributed by atoms with Crippen molar-refractivity contribution >= 4 is 17.5 Å². The van der Waals surface area contributed by atoms with Crippen molar-refractivity contribution in [3.8, 4) is 17.2 Å². The van der Waals surface area contributed by atoms with Crippen molar-refractivity contribution in [2.75, 3.05) is 25.5 Å². The van der Waals surface area contributed by atoms with Gasteiger partial charge in [0, 0.05) is 24.8 Å². The zero-order valence-corrected chi connectivity index (χ0v) is 18.2. The molecular formula is C25H24FN3O4. The highest BCUT2D eigenvalue weighted by Gasteiger charge is 2.29. The number of piperidine rings is 1. The zero-order valence-electron chi connectivity index (χ0n) is 18.2. The van der Waals surface area contributed by atoms with E-state index in [1.165, 1.54) is 19.2 Å². The van der Waals surface area contributed by atoms with Crippen LogP contribution in [0.5, 0.6) is 17.2 Å². The third-order valence-corrected chi connectivity index (χ3v) is 5.49. The summed E-state index contributed by atoms with van der Waals surface area (Å²) in [6.45, 7) is 0.765. The normalized spacial score (nSPS) is 15.6. The number of para-hydroxylation sites is 2. The lowest BCUT2D eigenvalue weighted by Gasteiger charge is -2.32. The van der Waals surface area contributed by atoms with Crippen molar-refractivity contribution in [2.45, 2.75) is 12.8 Å². The van der Waals surface area contributed by atoms with E-state index in [4.69, 9.17) is 9.47 Å². The van der Waals surface area contributed by atoms with E-state index >= 15 is 0 Å². The molecule has 0 unspecified atom stereocenters. The first-order valence-corrected chi connectivity index (χ1v) is 10.7. The van der Waals surface area contributed by atoms with Crippen molar-refractivity contribution in [3.63, 3.8) is 0 Å². The highest BCUT2D eigenvalue weighted by atomic mass is 19.1. The molecule has 3 aromatic rings. The van der Waals surface area contributed by atoms with E-state index in [0.717, 1.165) is 6.07 Å². The fourth-order valence-corrected chi connectivity index (χ4v) is 3.79. The molecule has 1 aliphatic heterocycles. The first-order valence-electron chi connectivity index (χ1n) is 10.7. The highest BCUT2D eigenvalue weighted by Crippen LogP contribution is 2.30. The molecular weight excluding hydrogens is 425 g/mol. The van der Waals surface area contributed by atoms with Crippen molar-refractivity contribution in [1.29, 1.82) is 0 Å². The van der Waals surface area contributed by atoms with E-state index in [-0.39, 0.29) is 29.7 Å². The molecule has 1 N–H and O–H groups in total. The summed E-state index contributed by atoms with van der Waals surface area (Å²) in [6, 6.07) is 14.8. The van der Waals surface area contributed by atoms with E-state index in [9.17, 15) is 14.0 Å². The molecule has 2 aromatic carbocycles. The van der Waals surface area contributed by atoms with Gasteiger partial charge in [0.05, 0.1) is 24.9 Å². The Morgan fingerprint density at radius 3 is 2.73 bits per heavy atom. The van der Waals surface area contributed by atoms with Crippen LogP contribution in [0.4, 0.5) is 10.1 Å². The average Bonchev–Trinajstić information content (AvgIpc) is 2.85. The van der Waals surface area contributed by atoms with Gasteiger partial charge in [0.2, 0.25) is 5.91 Å². The van der Waals surface area contributed by atoms with Crippen LogP contribution in [0.2, 0.25) is 0 Å². The molecule has 0 radical (unpaired) electrons. The lowest BCUT2D eigenvalue weighted by molar-refractivity contribution is -0.121. The molecule has 1 atom stereocenters. The van der Waals surface area contributed by atoms with Crippen LogP contribution in [0, 0.1) is 11.7 Å². The third kappa shape index (κ3) is 5.28. The Morgan fingerprint density at radius 1 is 1.12 bits per heavy atom. The van der Waals surface area contributed by atoms with E-state index in [1.807, 2.05) is 6.07 Å². The summed E-state index contributed by atoms with van der Waals surface area (Å²) < 4.78 is 24.8. The minimum atomic E-state index is -0.597. The molecule has 0 aliphatic carbocycles. The predicted octanol–water partition coefficient (Wildman–Crippen LogP) is 4.51. The maximum Gasteiger partial charge on any atom is 0.253 e. The quantitative estimate of drug-likeness (QED) is 0.599. The Kier molecular flexibility index (Phi) is 6.83. The van der Waals surface area contributed by atoms with Crippen LogP contribution < -0.4 is 14.8 Å². The van der Waals surface area contributed by atoms with Crippen molar-refractivity contribution in [2.24, 2.45) is 5.92 Å². The number of hydrogen-bond acceptors (Lipinski definition) is 5. The Labute approximate surface area is 191 Å². The van der Waals surface area contributed by atoms with Gasteiger partial charge in [-0.2, -0.15) is 0 Å². The van der Waals surface area contributed by atoms with Crippen LogP contribution in [0.1, 0.15) is 23.2 Å². The standard InChI is InChI=1S/C25H24FN3O4/c1-32-22-11-10-17(14-20(22)26)25(31)29-13-5-6-18(16-29)24(30)28-21-8-2-3-9-23(21)33-19-7-4-12-27-15-19/h2-4,7-12,14-15,18H,5-6,13,16H2,1H3,(H,28,30)/t18-/m1/s1. The summed E-state index contributed by atoms with van der Waals surface area (Å²) in [4.78, 5) is 31.5. The second-order valence-corrected chi connectivity index (χ2v) is 7.72. The molecule has 1 saturated heterocycles. The first kappa shape index (κ1) is 22.3. The number of carbonyl (C=O) groups is 2. The van der Waals surface area contributed by atoms with Crippen molar-refractivity contribution in [1.82, 2.24) is 9.88 Å². The maximum absolute atomic E-state index is 14.0. The number of carbonyl (C=O) groups excluding carboxylic acids is 2. The van der Waals surface area contributed by atoms with E-state index in [1.54, 1.807) is 47.6 Å². The van der Waals surface area contributed by atoms with E-state index < -0.39 is 11.7 Å². The van der Waals surface area contributed by atoms with E-state index in [0.29, 0.717) is 36.6 Å². The fourth-order valence-electron chi connectivity index (χ4n) is 3.79. The number of likely N-dealkylation sites (tertiary alicyclic amines) is 1. The Balaban J connectivity index is 1.43. The number of benzene rings is 2. The SMILES string of the molecule is COc1ccc(C(=O)N2CCC[C@@H](C(=O)Nc3ccccc3Oc3cccnc3)C2)cc1F. The van der Waals surface area contributed by atoms with Crippen molar-refractivity contribution in [3.05, 3.63) is 78.4 Å². The molecule has 1 aliphatic rings. The summed E-state index contributed by atoms with van der Waals surface area (Å²) in [6.07, 6.45) is 4.57. The smallest absolute Gasteiger partial charge is 0.253 e. The van der Waals surface area contributed by atoms with Gasteiger partial charge in [-0.05, 0) is 55.3 Å². The molecule has 33 heavy (non-hydrogen) atoms. The molecule has 0 bridgehead atoms. The van der Waals surface area contributed by atoms with E-state index in [2.05, 4.69) is 10.3 Å². The molecule has 1 fully saturated rings. The fraction of sp³-hybridized carbons (Fsp3) is 0.240. The van der Waals surface area contributed by atoms with Gasteiger partial charge in [0.1, 0.15) is 5.75 Å². The van der Waals surface area contributed by atoms with Gasteiger partial charge >= 0.3 is 0 Å². The number of nitrogens with one attached hydrogen (secondary N) is 1. The monoisotopic (exact) mass is 449 g/mol. The van der Waals surface area contributed by atoms with Crippen LogP contribution in [-0.2, 0) is 4.79 Å². The molecule has 170 valence electrons. The minimum Gasteiger partial charge on any atom is -0.494 e. The molecule has 1 aromatic heterocycles. The summed E-state index contributed by atoms with van der Waals surface area (Å²) in [5.74, 6) is -0.367. The highest BCUT2D eigenvalue weighted by molar-refractivity contribution is 5.97. The number of amides is 2. The Hall–Kier alpha value is -3.94. The van der Waals surface area contributed by atoms with Gasteiger partial charge in [0.15, 0.2) is 17.3 Å². The zero-order chi connectivity index (χ0) is 23.2. The number of rotatable bonds is 6. The summed E-state index contributed by atoms with van der Waals surface area (Å²) in [5.41, 5.74) is 0.761. The topological polar surface area (TPSA) is 80.8 Å². The molecule has 2 heterocycles.